The van der Waals surface area contributed by atoms with Crippen LogP contribution in [0.5, 0.6) is 5.75 Å². The van der Waals surface area contributed by atoms with Gasteiger partial charge in [-0.15, -0.1) is 0 Å². The molecule has 0 unspecified atom stereocenters. The number of ether oxygens (including phenoxy) is 1. The molecule has 1 aromatic heterocycles. The van der Waals surface area contributed by atoms with Crippen LogP contribution in [0.25, 0.3) is 17.0 Å². The summed E-state index contributed by atoms with van der Waals surface area (Å²) in [6.45, 7) is 0. The summed E-state index contributed by atoms with van der Waals surface area (Å²) in [6, 6.07) is 16.1. The minimum absolute atomic E-state index is 0.300. The van der Waals surface area contributed by atoms with Crippen molar-refractivity contribution in [2.45, 2.75) is 0 Å². The summed E-state index contributed by atoms with van der Waals surface area (Å²) in [6.07, 6.45) is 1.52. The second-order valence-electron chi connectivity index (χ2n) is 5.72. The Labute approximate surface area is 164 Å². The molecule has 0 N–H and O–H groups in total. The molecule has 2 heterocycles. The first-order chi connectivity index (χ1) is 13.1. The van der Waals surface area contributed by atoms with E-state index in [0.29, 0.717) is 31.8 Å². The van der Waals surface area contributed by atoms with E-state index in [1.54, 1.807) is 36.4 Å². The second-order valence-corrected chi connectivity index (χ2v) is 7.39. The monoisotopic (exact) mass is 395 g/mol. The van der Waals surface area contributed by atoms with Crippen molar-refractivity contribution >= 4 is 56.9 Å². The number of hydrogen-bond acceptors (Lipinski definition) is 6. The highest BCUT2D eigenvalue weighted by atomic mass is 32.2. The maximum atomic E-state index is 12.9. The van der Waals surface area contributed by atoms with Gasteiger partial charge in [0, 0.05) is 5.39 Å². The maximum absolute atomic E-state index is 12.9. The number of thioether (sulfide) groups is 1. The molecule has 0 radical (unpaired) electrons. The molecule has 5 nitrogen and oxygen atoms in total. The summed E-state index contributed by atoms with van der Waals surface area (Å²) in [7, 11) is 1.53. The van der Waals surface area contributed by atoms with Gasteiger partial charge in [0.1, 0.15) is 11.3 Å². The van der Waals surface area contributed by atoms with Crippen LogP contribution in [0.2, 0.25) is 0 Å². The highest BCUT2D eigenvalue weighted by molar-refractivity contribution is 8.27. The number of amides is 1. The maximum Gasteiger partial charge on any atom is 0.343 e. The van der Waals surface area contributed by atoms with E-state index in [1.807, 2.05) is 18.2 Å². The molecule has 1 saturated heterocycles. The molecule has 27 heavy (non-hydrogen) atoms. The lowest BCUT2D eigenvalue weighted by molar-refractivity contribution is -0.113. The van der Waals surface area contributed by atoms with Crippen molar-refractivity contribution in [2.75, 3.05) is 12.0 Å². The Morgan fingerprint density at radius 3 is 2.67 bits per heavy atom. The van der Waals surface area contributed by atoms with Gasteiger partial charge >= 0.3 is 5.63 Å². The molecule has 3 aromatic rings. The van der Waals surface area contributed by atoms with Crippen molar-refractivity contribution in [1.29, 1.82) is 0 Å². The molecular formula is C20H13NO4S2. The zero-order valence-corrected chi connectivity index (χ0v) is 15.8. The average molecular weight is 395 g/mol. The Balaban J connectivity index is 1.76. The van der Waals surface area contributed by atoms with E-state index in [9.17, 15) is 9.59 Å². The molecule has 0 atom stereocenters. The number of fused-ring (bicyclic) bond motifs is 1. The van der Waals surface area contributed by atoms with Gasteiger partial charge in [-0.05, 0) is 30.3 Å². The van der Waals surface area contributed by atoms with Crippen LogP contribution in [0.1, 0.15) is 5.56 Å². The van der Waals surface area contributed by atoms with E-state index in [-0.39, 0.29) is 5.91 Å². The van der Waals surface area contributed by atoms with Crippen LogP contribution in [0.4, 0.5) is 5.69 Å². The van der Waals surface area contributed by atoms with E-state index in [1.165, 1.54) is 18.1 Å². The number of nitrogens with zero attached hydrogens (tertiary/aromatic N) is 1. The molecule has 0 spiro atoms. The summed E-state index contributed by atoms with van der Waals surface area (Å²) >= 11 is 6.52. The van der Waals surface area contributed by atoms with E-state index in [0.717, 1.165) is 17.1 Å². The largest absolute Gasteiger partial charge is 0.495 e. The Kier molecular flexibility index (Phi) is 4.55. The lowest BCUT2D eigenvalue weighted by Gasteiger charge is -2.17. The fraction of sp³-hybridized carbons (Fsp3) is 0.0500. The van der Waals surface area contributed by atoms with Gasteiger partial charge in [0.05, 0.1) is 23.3 Å². The van der Waals surface area contributed by atoms with Crippen LogP contribution in [-0.2, 0) is 4.79 Å². The number of para-hydroxylation sites is 3. The van der Waals surface area contributed by atoms with Gasteiger partial charge in [0.2, 0.25) is 0 Å². The van der Waals surface area contributed by atoms with Gasteiger partial charge in [-0.2, -0.15) is 0 Å². The summed E-state index contributed by atoms with van der Waals surface area (Å²) in [5.74, 6) is 0.238. The van der Waals surface area contributed by atoms with Crippen LogP contribution >= 0.6 is 24.0 Å². The minimum atomic E-state index is -0.503. The summed E-state index contributed by atoms with van der Waals surface area (Å²) < 4.78 is 11.0. The SMILES string of the molecule is COc1ccccc1N1C(=O)/C(=C\c2cc3ccccc3oc2=O)SC1=S. The average Bonchev–Trinajstić information content (AvgIpc) is 2.95. The fourth-order valence-corrected chi connectivity index (χ4v) is 4.09. The van der Waals surface area contributed by atoms with Crippen LogP contribution < -0.4 is 15.3 Å². The second kappa shape index (κ2) is 7.02. The summed E-state index contributed by atoms with van der Waals surface area (Å²) in [5.41, 5.74) is 0.864. The zero-order valence-electron chi connectivity index (χ0n) is 14.2. The Bertz CT molecular complexity index is 1170. The molecule has 4 rings (SSSR count). The Morgan fingerprint density at radius 2 is 1.85 bits per heavy atom. The molecule has 7 heteroatoms. The predicted molar refractivity (Wildman–Crippen MR) is 111 cm³/mol. The number of anilines is 1. The van der Waals surface area contributed by atoms with Gasteiger partial charge in [-0.3, -0.25) is 9.69 Å². The quantitative estimate of drug-likeness (QED) is 0.376. The number of thiocarbonyl (C=S) groups is 1. The van der Waals surface area contributed by atoms with Crippen LogP contribution in [0, 0.1) is 0 Å². The third-order valence-corrected chi connectivity index (χ3v) is 5.38. The lowest BCUT2D eigenvalue weighted by Crippen LogP contribution is -2.27. The number of methoxy groups -OCH3 is 1. The molecule has 1 aliphatic rings. The number of benzene rings is 2. The van der Waals surface area contributed by atoms with Gasteiger partial charge in [0.15, 0.2) is 4.32 Å². The van der Waals surface area contributed by atoms with E-state index in [2.05, 4.69) is 0 Å². The highest BCUT2D eigenvalue weighted by Gasteiger charge is 2.35. The first-order valence-electron chi connectivity index (χ1n) is 8.02. The van der Waals surface area contributed by atoms with Crippen molar-refractivity contribution in [2.24, 2.45) is 0 Å². The van der Waals surface area contributed by atoms with Crippen molar-refractivity contribution in [3.8, 4) is 5.75 Å². The first kappa shape index (κ1) is 17.5. The zero-order chi connectivity index (χ0) is 19.0. The van der Waals surface area contributed by atoms with Gasteiger partial charge in [-0.25, -0.2) is 4.79 Å². The van der Waals surface area contributed by atoms with E-state index < -0.39 is 5.63 Å². The third-order valence-electron chi connectivity index (χ3n) is 4.07. The van der Waals surface area contributed by atoms with Crippen molar-refractivity contribution in [3.05, 3.63) is 75.5 Å². The molecule has 0 bridgehead atoms. The van der Waals surface area contributed by atoms with Crippen molar-refractivity contribution in [3.63, 3.8) is 0 Å². The van der Waals surface area contributed by atoms with E-state index >= 15 is 0 Å². The van der Waals surface area contributed by atoms with Crippen molar-refractivity contribution < 1.29 is 13.9 Å². The first-order valence-corrected chi connectivity index (χ1v) is 9.25. The number of hydrogen-bond donors (Lipinski definition) is 0. The number of carbonyl (C=O) groups is 1. The number of carbonyl (C=O) groups excluding carboxylic acids is 1. The van der Waals surface area contributed by atoms with Crippen LogP contribution in [0.3, 0.4) is 0 Å². The Hall–Kier alpha value is -2.90. The Morgan fingerprint density at radius 1 is 1.11 bits per heavy atom. The van der Waals surface area contributed by atoms with Crippen LogP contribution in [0.15, 0.2) is 68.7 Å². The van der Waals surface area contributed by atoms with Gasteiger partial charge in [-0.1, -0.05) is 54.3 Å². The standard InChI is InChI=1S/C20H13NO4S2/c1-24-16-9-5-3-7-14(16)21-18(22)17(27-20(21)26)11-13-10-12-6-2-4-8-15(12)25-19(13)23/h2-11H,1H3/b17-11+. The van der Waals surface area contributed by atoms with Crippen LogP contribution in [-0.4, -0.2) is 17.3 Å². The molecule has 0 saturated carbocycles. The molecule has 1 fully saturated rings. The molecule has 2 aromatic carbocycles. The highest BCUT2D eigenvalue weighted by Crippen LogP contribution is 2.39. The normalized spacial score (nSPS) is 15.7. The van der Waals surface area contributed by atoms with Gasteiger partial charge in [0.25, 0.3) is 5.91 Å². The van der Waals surface area contributed by atoms with Crippen molar-refractivity contribution in [1.82, 2.24) is 0 Å². The molecule has 1 amide bonds. The summed E-state index contributed by atoms with van der Waals surface area (Å²) in [4.78, 5) is 27.0. The third kappa shape index (κ3) is 3.15. The predicted octanol–water partition coefficient (Wildman–Crippen LogP) is 4.21. The lowest BCUT2D eigenvalue weighted by atomic mass is 10.1. The molecule has 1 aliphatic heterocycles. The van der Waals surface area contributed by atoms with E-state index in [4.69, 9.17) is 21.4 Å². The minimum Gasteiger partial charge on any atom is -0.495 e. The fourth-order valence-electron chi connectivity index (χ4n) is 2.81. The molecule has 0 aliphatic carbocycles. The molecular weight excluding hydrogens is 382 g/mol. The summed E-state index contributed by atoms with van der Waals surface area (Å²) in [5, 5.41) is 0.781. The number of rotatable bonds is 3. The molecule has 134 valence electrons. The van der Waals surface area contributed by atoms with Gasteiger partial charge < -0.3 is 9.15 Å². The smallest absolute Gasteiger partial charge is 0.343 e. The topological polar surface area (TPSA) is 59.8 Å².